The molecule has 0 aliphatic rings. The van der Waals surface area contributed by atoms with Crippen LogP contribution in [0.5, 0.6) is 0 Å². The molecule has 0 radical (unpaired) electrons. The van der Waals surface area contributed by atoms with E-state index in [9.17, 15) is 14.4 Å². The summed E-state index contributed by atoms with van der Waals surface area (Å²) in [6.45, 7) is 2.16. The Hall–Kier alpha value is -2.41. The van der Waals surface area contributed by atoms with Crippen LogP contribution in [-0.4, -0.2) is 37.4 Å². The van der Waals surface area contributed by atoms with Crippen LogP contribution in [-0.2, 0) is 20.9 Å². The molecule has 3 amide bonds. The second-order valence-corrected chi connectivity index (χ2v) is 5.19. The maximum atomic E-state index is 11.5. The number of nitrogens with two attached hydrogens (primary N) is 1. The molecule has 1 rings (SSSR count). The zero-order valence-electron chi connectivity index (χ0n) is 13.4. The molecule has 0 saturated carbocycles. The molecule has 0 fully saturated rings. The third-order valence-corrected chi connectivity index (χ3v) is 3.51. The van der Waals surface area contributed by atoms with Crippen molar-refractivity contribution in [3.05, 3.63) is 35.4 Å². The lowest BCUT2D eigenvalue weighted by Crippen LogP contribution is -2.39. The van der Waals surface area contributed by atoms with Crippen molar-refractivity contribution >= 4 is 18.2 Å². The summed E-state index contributed by atoms with van der Waals surface area (Å²) in [7, 11) is 1.58. The summed E-state index contributed by atoms with van der Waals surface area (Å²) in [5, 5.41) is 5.19. The molecule has 23 heavy (non-hydrogen) atoms. The molecule has 7 heteroatoms. The minimum Gasteiger partial charge on any atom is -0.372 e. The lowest BCUT2D eigenvalue weighted by atomic mass is 10.1. The summed E-state index contributed by atoms with van der Waals surface area (Å²) in [5.74, 6) is -0.563. The lowest BCUT2D eigenvalue weighted by Gasteiger charge is -2.23. The monoisotopic (exact) mass is 321 g/mol. The van der Waals surface area contributed by atoms with Crippen molar-refractivity contribution in [3.63, 3.8) is 0 Å². The van der Waals surface area contributed by atoms with Gasteiger partial charge in [-0.1, -0.05) is 12.1 Å². The summed E-state index contributed by atoms with van der Waals surface area (Å²) >= 11 is 0. The minimum absolute atomic E-state index is 0.146. The molecular weight excluding hydrogens is 298 g/mol. The molecule has 0 unspecified atom stereocenters. The molecule has 1 aromatic carbocycles. The van der Waals surface area contributed by atoms with Gasteiger partial charge in [-0.15, -0.1) is 0 Å². The van der Waals surface area contributed by atoms with E-state index in [1.165, 1.54) is 0 Å². The first-order valence-corrected chi connectivity index (χ1v) is 7.38. The van der Waals surface area contributed by atoms with Gasteiger partial charge in [0.1, 0.15) is 0 Å². The van der Waals surface area contributed by atoms with E-state index in [0.29, 0.717) is 25.0 Å². The molecule has 7 nitrogen and oxygen atoms in total. The second-order valence-electron chi connectivity index (χ2n) is 5.19. The van der Waals surface area contributed by atoms with Crippen molar-refractivity contribution in [1.82, 2.24) is 10.6 Å². The van der Waals surface area contributed by atoms with Crippen LogP contribution in [0.25, 0.3) is 0 Å². The van der Waals surface area contributed by atoms with Gasteiger partial charge >= 0.3 is 0 Å². The molecule has 126 valence electrons. The van der Waals surface area contributed by atoms with Crippen LogP contribution >= 0.6 is 0 Å². The lowest BCUT2D eigenvalue weighted by molar-refractivity contribution is -0.119. The molecule has 0 bridgehead atoms. The first-order chi connectivity index (χ1) is 11.0. The zero-order chi connectivity index (χ0) is 17.2. The number of primary amides is 1. The predicted molar refractivity (Wildman–Crippen MR) is 85.5 cm³/mol. The smallest absolute Gasteiger partial charge is 0.251 e. The van der Waals surface area contributed by atoms with Gasteiger partial charge in [-0.25, -0.2) is 0 Å². The van der Waals surface area contributed by atoms with Crippen LogP contribution in [0.15, 0.2) is 24.3 Å². The summed E-state index contributed by atoms with van der Waals surface area (Å²) < 4.78 is 5.73. The van der Waals surface area contributed by atoms with Crippen LogP contribution in [0.4, 0.5) is 0 Å². The molecule has 0 aliphatic carbocycles. The number of benzene rings is 1. The third kappa shape index (κ3) is 6.48. The van der Waals surface area contributed by atoms with Crippen molar-refractivity contribution in [2.45, 2.75) is 38.5 Å². The van der Waals surface area contributed by atoms with Crippen LogP contribution in [0.1, 0.15) is 35.7 Å². The first-order valence-electron chi connectivity index (χ1n) is 7.38. The van der Waals surface area contributed by atoms with E-state index in [1.54, 1.807) is 19.2 Å². The molecule has 1 aromatic rings. The number of nitrogens with one attached hydrogen (secondary N) is 2. The maximum Gasteiger partial charge on any atom is 0.251 e. The second kappa shape index (κ2) is 9.58. The third-order valence-electron chi connectivity index (χ3n) is 3.51. The quantitative estimate of drug-likeness (QED) is 0.539. The highest BCUT2D eigenvalue weighted by atomic mass is 16.5. The fourth-order valence-electron chi connectivity index (χ4n) is 2.08. The number of hydrogen-bond acceptors (Lipinski definition) is 4. The fourth-order valence-corrected chi connectivity index (χ4v) is 2.08. The average molecular weight is 321 g/mol. The Bertz CT molecular complexity index is 531. The van der Waals surface area contributed by atoms with Crippen LogP contribution in [0.3, 0.4) is 0 Å². The fraction of sp³-hybridized carbons (Fsp3) is 0.438. The maximum absolute atomic E-state index is 11.5. The number of carbonyl (C=O) groups is 3. The van der Waals surface area contributed by atoms with Crippen molar-refractivity contribution in [3.8, 4) is 0 Å². The van der Waals surface area contributed by atoms with E-state index in [-0.39, 0.29) is 24.5 Å². The SMILES string of the molecule is CNC(=O)c1ccc(CO[C@H](C)[C@H](CCC(N)=O)NC=O)cc1. The number of rotatable bonds is 10. The molecular formula is C16H23N3O4. The summed E-state index contributed by atoms with van der Waals surface area (Å²) in [6, 6.07) is 6.77. The van der Waals surface area contributed by atoms with Crippen molar-refractivity contribution in [1.29, 1.82) is 0 Å². The molecule has 0 saturated heterocycles. The van der Waals surface area contributed by atoms with E-state index < -0.39 is 5.91 Å². The van der Waals surface area contributed by atoms with Crippen LogP contribution in [0.2, 0.25) is 0 Å². The Morgan fingerprint density at radius 1 is 1.30 bits per heavy atom. The highest BCUT2D eigenvalue weighted by Crippen LogP contribution is 2.11. The number of carbonyl (C=O) groups excluding carboxylic acids is 3. The summed E-state index contributed by atoms with van der Waals surface area (Å²) in [5.41, 5.74) is 6.61. The van der Waals surface area contributed by atoms with E-state index in [1.807, 2.05) is 19.1 Å². The Morgan fingerprint density at radius 2 is 1.96 bits per heavy atom. The van der Waals surface area contributed by atoms with Gasteiger partial charge in [0.2, 0.25) is 12.3 Å². The van der Waals surface area contributed by atoms with Gasteiger partial charge in [-0.2, -0.15) is 0 Å². The normalized spacial score (nSPS) is 13.0. The highest BCUT2D eigenvalue weighted by Gasteiger charge is 2.18. The van der Waals surface area contributed by atoms with Crippen molar-refractivity contribution in [2.24, 2.45) is 5.73 Å². The van der Waals surface area contributed by atoms with E-state index in [4.69, 9.17) is 10.5 Å². The Labute approximate surface area is 135 Å². The Kier molecular flexibility index (Phi) is 7.76. The Morgan fingerprint density at radius 3 is 2.48 bits per heavy atom. The molecule has 2 atom stereocenters. The van der Waals surface area contributed by atoms with Crippen LogP contribution in [0, 0.1) is 0 Å². The highest BCUT2D eigenvalue weighted by molar-refractivity contribution is 5.93. The van der Waals surface area contributed by atoms with Crippen LogP contribution < -0.4 is 16.4 Å². The standard InChI is InChI=1S/C16H23N3O4/c1-11(14(19-10-20)7-8-15(17)21)23-9-12-3-5-13(6-4-12)16(22)18-2/h3-6,10-11,14H,7-9H2,1-2H3,(H2,17,21)(H,18,22)(H,19,20)/t11-,14+/m1/s1. The zero-order valence-corrected chi connectivity index (χ0v) is 13.4. The van der Waals surface area contributed by atoms with E-state index in [2.05, 4.69) is 10.6 Å². The average Bonchev–Trinajstić information content (AvgIpc) is 2.56. The topological polar surface area (TPSA) is 111 Å². The van der Waals surface area contributed by atoms with Gasteiger partial charge in [0.25, 0.3) is 5.91 Å². The largest absolute Gasteiger partial charge is 0.372 e. The number of amides is 3. The van der Waals surface area contributed by atoms with Gasteiger partial charge in [0.05, 0.1) is 18.8 Å². The summed E-state index contributed by atoms with van der Waals surface area (Å²) in [4.78, 5) is 33.0. The van der Waals surface area contributed by atoms with Gasteiger partial charge in [0, 0.05) is 19.0 Å². The van der Waals surface area contributed by atoms with Gasteiger partial charge in [-0.3, -0.25) is 14.4 Å². The van der Waals surface area contributed by atoms with Crippen molar-refractivity contribution < 1.29 is 19.1 Å². The van der Waals surface area contributed by atoms with E-state index in [0.717, 1.165) is 5.56 Å². The van der Waals surface area contributed by atoms with E-state index >= 15 is 0 Å². The van der Waals surface area contributed by atoms with Crippen molar-refractivity contribution in [2.75, 3.05) is 7.05 Å². The minimum atomic E-state index is -0.417. The molecule has 0 aromatic heterocycles. The van der Waals surface area contributed by atoms with Gasteiger partial charge < -0.3 is 21.1 Å². The number of ether oxygens (including phenoxy) is 1. The Balaban J connectivity index is 2.55. The predicted octanol–water partition coefficient (Wildman–Crippen LogP) is 0.331. The molecule has 0 heterocycles. The van der Waals surface area contributed by atoms with Gasteiger partial charge in [-0.05, 0) is 31.0 Å². The molecule has 0 spiro atoms. The molecule has 0 aliphatic heterocycles. The number of hydrogen-bond donors (Lipinski definition) is 3. The summed E-state index contributed by atoms with van der Waals surface area (Å²) in [6.07, 6.45) is 0.910. The first kappa shape index (κ1) is 18.6. The molecule has 4 N–H and O–H groups in total. The van der Waals surface area contributed by atoms with Gasteiger partial charge in [0.15, 0.2) is 0 Å².